The molecular weight excluding hydrogens is 457 g/mol. The van der Waals surface area contributed by atoms with Crippen molar-refractivity contribution in [2.75, 3.05) is 4.90 Å². The van der Waals surface area contributed by atoms with Crippen LogP contribution in [-0.4, -0.2) is 39.4 Å². The molecule has 2 aliphatic carbocycles. The highest BCUT2D eigenvalue weighted by molar-refractivity contribution is 6.32. The van der Waals surface area contributed by atoms with Crippen molar-refractivity contribution in [2.24, 2.45) is 11.8 Å². The number of rotatable bonds is 6. The molecule has 2 aromatic rings. The van der Waals surface area contributed by atoms with Gasteiger partial charge in [0, 0.05) is 42.0 Å². The molecule has 0 saturated heterocycles. The van der Waals surface area contributed by atoms with Crippen LogP contribution in [0.2, 0.25) is 0 Å². The predicted molar refractivity (Wildman–Crippen MR) is 117 cm³/mol. The van der Waals surface area contributed by atoms with E-state index in [9.17, 15) is 22.8 Å². The van der Waals surface area contributed by atoms with E-state index in [1.165, 1.54) is 25.6 Å². The molecule has 5 atom stereocenters. The Labute approximate surface area is 194 Å². The number of hydrogen-bond acceptors (Lipinski definition) is 4. The molecule has 2 aliphatic rings. The van der Waals surface area contributed by atoms with Crippen LogP contribution in [-0.2, 0) is 15.1 Å². The minimum Gasteiger partial charge on any atom is -0.351 e. The summed E-state index contributed by atoms with van der Waals surface area (Å²) in [5.41, 5.74) is -2.84. The SMILES string of the molecule is Cc1ccc(N(C(=O)[C@H](F)Cl)[C@@](C)(C(=O)N[C@@H]2CC3CC2CC3(F)F)c2cncnc2)cc1. The zero-order valence-electron chi connectivity index (χ0n) is 18.1. The van der Waals surface area contributed by atoms with E-state index < -0.39 is 40.9 Å². The van der Waals surface area contributed by atoms with E-state index in [-0.39, 0.29) is 30.0 Å². The van der Waals surface area contributed by atoms with Crippen molar-refractivity contribution < 1.29 is 22.8 Å². The number of carbonyl (C=O) groups is 2. The average Bonchev–Trinajstić information content (AvgIpc) is 3.31. The van der Waals surface area contributed by atoms with Crippen LogP contribution in [0.5, 0.6) is 0 Å². The van der Waals surface area contributed by atoms with Crippen LogP contribution < -0.4 is 10.2 Å². The van der Waals surface area contributed by atoms with Gasteiger partial charge in [0.1, 0.15) is 6.33 Å². The number of alkyl halides is 4. The van der Waals surface area contributed by atoms with Crippen molar-refractivity contribution in [1.82, 2.24) is 15.3 Å². The van der Waals surface area contributed by atoms with Crippen molar-refractivity contribution in [1.29, 1.82) is 0 Å². The number of amides is 2. The van der Waals surface area contributed by atoms with Crippen molar-refractivity contribution in [3.8, 4) is 0 Å². The smallest absolute Gasteiger partial charge is 0.278 e. The van der Waals surface area contributed by atoms with Gasteiger partial charge in [0.05, 0.1) is 0 Å². The molecule has 2 amide bonds. The van der Waals surface area contributed by atoms with Crippen LogP contribution in [0.3, 0.4) is 0 Å². The number of nitrogens with one attached hydrogen (secondary N) is 1. The van der Waals surface area contributed by atoms with Crippen molar-refractivity contribution in [3.05, 3.63) is 54.1 Å². The van der Waals surface area contributed by atoms with Crippen LogP contribution >= 0.6 is 11.6 Å². The first-order valence-corrected chi connectivity index (χ1v) is 11.1. The molecule has 2 unspecified atom stereocenters. The number of fused-ring (bicyclic) bond motifs is 2. The quantitative estimate of drug-likeness (QED) is 0.631. The van der Waals surface area contributed by atoms with Gasteiger partial charge in [0.2, 0.25) is 0 Å². The van der Waals surface area contributed by atoms with Crippen molar-refractivity contribution in [2.45, 2.75) is 56.2 Å². The first-order valence-electron chi connectivity index (χ1n) is 10.7. The minimum absolute atomic E-state index is 0.143. The van der Waals surface area contributed by atoms with E-state index >= 15 is 0 Å². The summed E-state index contributed by atoms with van der Waals surface area (Å²) in [7, 11) is 0. The monoisotopic (exact) mass is 480 g/mol. The van der Waals surface area contributed by atoms with Crippen LogP contribution in [0.1, 0.15) is 37.3 Å². The van der Waals surface area contributed by atoms with Gasteiger partial charge < -0.3 is 5.32 Å². The van der Waals surface area contributed by atoms with Gasteiger partial charge in [-0.05, 0) is 44.7 Å². The van der Waals surface area contributed by atoms with Gasteiger partial charge >= 0.3 is 0 Å². The maximum Gasteiger partial charge on any atom is 0.278 e. The normalized spacial score (nSPS) is 25.8. The molecule has 4 rings (SSSR count). The first kappa shape index (κ1) is 23.5. The zero-order valence-corrected chi connectivity index (χ0v) is 18.9. The first-order chi connectivity index (χ1) is 15.5. The highest BCUT2D eigenvalue weighted by Gasteiger charge is 2.58. The largest absolute Gasteiger partial charge is 0.351 e. The molecule has 6 nitrogen and oxygen atoms in total. The Morgan fingerprint density at radius 2 is 1.85 bits per heavy atom. The lowest BCUT2D eigenvalue weighted by atomic mass is 9.87. The zero-order chi connectivity index (χ0) is 24.0. The number of benzene rings is 1. The van der Waals surface area contributed by atoms with E-state index in [0.717, 1.165) is 10.5 Å². The number of aromatic nitrogens is 2. The van der Waals surface area contributed by atoms with Crippen molar-refractivity contribution in [3.63, 3.8) is 0 Å². The van der Waals surface area contributed by atoms with Crippen LogP contribution in [0.25, 0.3) is 0 Å². The minimum atomic E-state index is -2.73. The number of anilines is 1. The van der Waals surface area contributed by atoms with Gasteiger partial charge in [0.25, 0.3) is 23.4 Å². The second-order valence-electron chi connectivity index (χ2n) is 8.98. The second-order valence-corrected chi connectivity index (χ2v) is 9.37. The summed E-state index contributed by atoms with van der Waals surface area (Å²) in [6, 6.07) is 6.13. The van der Waals surface area contributed by atoms with Crippen LogP contribution in [0.15, 0.2) is 43.0 Å². The molecule has 0 radical (unpaired) electrons. The Balaban J connectivity index is 1.75. The summed E-state index contributed by atoms with van der Waals surface area (Å²) < 4.78 is 42.1. The molecule has 0 aliphatic heterocycles. The average molecular weight is 481 g/mol. The Bertz CT molecular complexity index is 1040. The number of aryl methyl sites for hydroxylation is 1. The summed E-state index contributed by atoms with van der Waals surface area (Å²) >= 11 is 5.55. The standard InChI is InChI=1S/C23H24ClF3N4O2/c1-13-3-5-17(6-4-13)31(20(32)19(24)25)22(2,16-10-28-12-29-11-16)21(33)30-18-8-15-7-14(18)9-23(15,26)27/h3-6,10-12,14-15,18-19H,7-9H2,1-2H3,(H,30,33)/t14?,15?,18-,19+,22-/m1/s1. The Kier molecular flexibility index (Phi) is 6.11. The number of hydrogen-bond donors (Lipinski definition) is 1. The highest BCUT2D eigenvalue weighted by atomic mass is 35.5. The predicted octanol–water partition coefficient (Wildman–Crippen LogP) is 4.12. The third-order valence-electron chi connectivity index (χ3n) is 6.85. The lowest BCUT2D eigenvalue weighted by molar-refractivity contribution is -0.132. The second kappa shape index (κ2) is 8.59. The molecule has 2 fully saturated rings. The summed E-state index contributed by atoms with van der Waals surface area (Å²) in [4.78, 5) is 35.7. The fourth-order valence-corrected chi connectivity index (χ4v) is 5.10. The molecule has 1 aromatic heterocycles. The number of nitrogens with zero attached hydrogens (tertiary/aromatic N) is 3. The van der Waals surface area contributed by atoms with E-state index in [0.29, 0.717) is 6.42 Å². The maximum absolute atomic E-state index is 14.2. The van der Waals surface area contributed by atoms with Gasteiger partial charge in [-0.2, -0.15) is 0 Å². The number of halogens is 4. The molecule has 176 valence electrons. The summed E-state index contributed by atoms with van der Waals surface area (Å²) in [6.07, 6.45) is 4.16. The Morgan fingerprint density at radius 1 is 1.21 bits per heavy atom. The van der Waals surface area contributed by atoms with Gasteiger partial charge in [-0.3, -0.25) is 14.5 Å². The van der Waals surface area contributed by atoms with Gasteiger partial charge in [0.15, 0.2) is 5.54 Å². The van der Waals surface area contributed by atoms with Gasteiger partial charge in [-0.25, -0.2) is 23.1 Å². The Morgan fingerprint density at radius 3 is 2.36 bits per heavy atom. The maximum atomic E-state index is 14.2. The third-order valence-corrected chi connectivity index (χ3v) is 7.04. The lowest BCUT2D eigenvalue weighted by Crippen LogP contribution is -2.60. The fraction of sp³-hybridized carbons (Fsp3) is 0.478. The summed E-state index contributed by atoms with van der Waals surface area (Å²) in [5, 5.41) is 2.86. The number of carbonyl (C=O) groups excluding carboxylic acids is 2. The molecule has 2 saturated carbocycles. The molecule has 1 heterocycles. The van der Waals surface area contributed by atoms with E-state index in [2.05, 4.69) is 15.3 Å². The molecular formula is C23H24ClF3N4O2. The lowest BCUT2D eigenvalue weighted by Gasteiger charge is -2.41. The fourth-order valence-electron chi connectivity index (χ4n) is 5.01. The van der Waals surface area contributed by atoms with Gasteiger partial charge in [-0.1, -0.05) is 29.3 Å². The van der Waals surface area contributed by atoms with Crippen LogP contribution in [0.4, 0.5) is 18.9 Å². The van der Waals surface area contributed by atoms with E-state index in [1.54, 1.807) is 24.3 Å². The third kappa shape index (κ3) is 4.18. The molecule has 10 heteroatoms. The molecule has 0 spiro atoms. The van der Waals surface area contributed by atoms with Gasteiger partial charge in [-0.15, -0.1) is 0 Å². The Hall–Kier alpha value is -2.68. The van der Waals surface area contributed by atoms with Crippen molar-refractivity contribution >= 4 is 29.1 Å². The molecule has 1 aromatic carbocycles. The van der Waals surface area contributed by atoms with E-state index in [4.69, 9.17) is 11.6 Å². The topological polar surface area (TPSA) is 75.2 Å². The summed E-state index contributed by atoms with van der Waals surface area (Å²) in [6.45, 7) is 3.29. The molecule has 1 N–H and O–H groups in total. The molecule has 2 bridgehead atoms. The summed E-state index contributed by atoms with van der Waals surface area (Å²) in [5.74, 6) is -5.67. The van der Waals surface area contributed by atoms with E-state index in [1.807, 2.05) is 6.92 Å². The van der Waals surface area contributed by atoms with Crippen LogP contribution in [0, 0.1) is 18.8 Å². The molecule has 33 heavy (non-hydrogen) atoms. The highest BCUT2D eigenvalue weighted by Crippen LogP contribution is 2.53.